The number of piperidine rings is 1. The van der Waals surface area contributed by atoms with Crippen LogP contribution in [0.1, 0.15) is 34.9 Å². The molecule has 0 N–H and O–H groups in total. The lowest BCUT2D eigenvalue weighted by atomic mass is 9.96. The van der Waals surface area contributed by atoms with Crippen LogP contribution in [-0.2, 0) is 0 Å². The normalized spacial score (nSPS) is 14.7. The van der Waals surface area contributed by atoms with Gasteiger partial charge >= 0.3 is 0 Å². The van der Waals surface area contributed by atoms with E-state index in [0.29, 0.717) is 18.7 Å². The molecule has 156 valence electrons. The van der Waals surface area contributed by atoms with E-state index in [1.165, 1.54) is 6.20 Å². The van der Waals surface area contributed by atoms with Crippen LogP contribution in [0.5, 0.6) is 5.75 Å². The molecule has 0 atom stereocenters. The number of hydrogen-bond donors (Lipinski definition) is 0. The quantitative estimate of drug-likeness (QED) is 0.510. The van der Waals surface area contributed by atoms with Gasteiger partial charge in [-0.3, -0.25) is 4.79 Å². The molecule has 0 bridgehead atoms. The Hall–Kier alpha value is -3.81. The highest BCUT2D eigenvalue weighted by molar-refractivity contribution is 5.93. The van der Waals surface area contributed by atoms with Crippen molar-refractivity contribution in [3.63, 3.8) is 0 Å². The third-order valence-electron chi connectivity index (χ3n) is 5.73. The molecular formula is C23H22N6O2. The van der Waals surface area contributed by atoms with Crippen molar-refractivity contribution < 1.29 is 9.53 Å². The predicted octanol–water partition coefficient (Wildman–Crippen LogP) is 3.21. The van der Waals surface area contributed by atoms with Gasteiger partial charge in [0.05, 0.1) is 25.1 Å². The second kappa shape index (κ2) is 8.14. The summed E-state index contributed by atoms with van der Waals surface area (Å²) in [6.07, 6.45) is 6.72. The Labute approximate surface area is 179 Å². The highest BCUT2D eigenvalue weighted by atomic mass is 16.5. The Kier molecular flexibility index (Phi) is 5.03. The topological polar surface area (TPSA) is 85.5 Å². The van der Waals surface area contributed by atoms with Crippen LogP contribution >= 0.6 is 0 Å². The average Bonchev–Trinajstić information content (AvgIpc) is 3.28. The molecular weight excluding hydrogens is 392 g/mol. The van der Waals surface area contributed by atoms with Gasteiger partial charge in [-0.1, -0.05) is 12.1 Å². The number of rotatable bonds is 4. The van der Waals surface area contributed by atoms with Gasteiger partial charge in [0, 0.05) is 30.8 Å². The van der Waals surface area contributed by atoms with E-state index in [1.54, 1.807) is 19.4 Å². The van der Waals surface area contributed by atoms with E-state index in [-0.39, 0.29) is 11.8 Å². The second-order valence-corrected chi connectivity index (χ2v) is 7.62. The zero-order valence-corrected chi connectivity index (χ0v) is 17.2. The van der Waals surface area contributed by atoms with Crippen LogP contribution in [-0.4, -0.2) is 55.8 Å². The van der Waals surface area contributed by atoms with E-state index >= 15 is 0 Å². The van der Waals surface area contributed by atoms with E-state index < -0.39 is 0 Å². The molecule has 8 heteroatoms. The van der Waals surface area contributed by atoms with Crippen molar-refractivity contribution in [2.75, 3.05) is 20.2 Å². The fraction of sp³-hybridized carbons (Fsp3) is 0.261. The maximum Gasteiger partial charge on any atom is 0.255 e. The molecule has 0 unspecified atom stereocenters. The number of benzene rings is 1. The minimum Gasteiger partial charge on any atom is -0.497 e. The van der Waals surface area contributed by atoms with Crippen LogP contribution in [0.2, 0.25) is 0 Å². The molecule has 8 nitrogen and oxygen atoms in total. The molecule has 31 heavy (non-hydrogen) atoms. The number of carbonyl (C=O) groups excluding carboxylic acids is 1. The van der Waals surface area contributed by atoms with Crippen LogP contribution in [0.25, 0.3) is 16.8 Å². The summed E-state index contributed by atoms with van der Waals surface area (Å²) in [7, 11) is 1.67. The molecule has 4 heterocycles. The second-order valence-electron chi connectivity index (χ2n) is 7.62. The largest absolute Gasteiger partial charge is 0.497 e. The van der Waals surface area contributed by atoms with E-state index in [2.05, 4.69) is 10.2 Å². The number of carbonyl (C=O) groups is 1. The van der Waals surface area contributed by atoms with Gasteiger partial charge in [-0.25, -0.2) is 9.50 Å². The Bertz CT molecular complexity index is 1220. The fourth-order valence-electron chi connectivity index (χ4n) is 3.99. The van der Waals surface area contributed by atoms with Gasteiger partial charge in [0.25, 0.3) is 5.91 Å². The molecule has 0 spiro atoms. The van der Waals surface area contributed by atoms with E-state index in [0.717, 1.165) is 41.2 Å². The van der Waals surface area contributed by atoms with Crippen LogP contribution in [0.15, 0.2) is 61.1 Å². The first-order chi connectivity index (χ1) is 15.2. The molecule has 1 aromatic carbocycles. The first-order valence-corrected chi connectivity index (χ1v) is 10.3. The van der Waals surface area contributed by atoms with Crippen molar-refractivity contribution in [3.05, 3.63) is 72.4 Å². The molecule has 0 radical (unpaired) electrons. The summed E-state index contributed by atoms with van der Waals surface area (Å²) in [6.45, 7) is 1.35. The van der Waals surface area contributed by atoms with E-state index in [4.69, 9.17) is 14.8 Å². The van der Waals surface area contributed by atoms with Gasteiger partial charge in [0.2, 0.25) is 0 Å². The lowest BCUT2D eigenvalue weighted by molar-refractivity contribution is 0.0710. The van der Waals surface area contributed by atoms with Crippen molar-refractivity contribution in [1.29, 1.82) is 0 Å². The minimum absolute atomic E-state index is 0.000702. The lowest BCUT2D eigenvalue weighted by Gasteiger charge is -2.30. The van der Waals surface area contributed by atoms with E-state index in [9.17, 15) is 4.79 Å². The maximum absolute atomic E-state index is 12.6. The van der Waals surface area contributed by atoms with Gasteiger partial charge in [-0.15, -0.1) is 0 Å². The zero-order valence-electron chi connectivity index (χ0n) is 17.2. The number of nitrogens with zero attached hydrogens (tertiary/aromatic N) is 6. The summed E-state index contributed by atoms with van der Waals surface area (Å²) in [6, 6.07) is 13.7. The molecule has 1 aliphatic heterocycles. The summed E-state index contributed by atoms with van der Waals surface area (Å²) in [5.74, 6) is 1.89. The number of hydrogen-bond acceptors (Lipinski definition) is 6. The number of fused-ring (bicyclic) bond motifs is 1. The van der Waals surface area contributed by atoms with Crippen molar-refractivity contribution >= 4 is 11.6 Å². The standard InChI is InChI=1S/C23H22N6O2/c1-31-20-4-2-3-17(13-20)19-5-6-21-26-22(27-29(21)15-19)16-8-11-28(12-9-16)23(30)18-7-10-24-25-14-18/h2-7,10,13-16H,8-9,11-12H2,1H3. The molecule has 1 saturated heterocycles. The summed E-state index contributed by atoms with van der Waals surface area (Å²) in [5, 5.41) is 12.3. The van der Waals surface area contributed by atoms with Crippen LogP contribution in [0.3, 0.4) is 0 Å². The molecule has 0 aliphatic carbocycles. The van der Waals surface area contributed by atoms with Crippen molar-refractivity contribution in [1.82, 2.24) is 29.7 Å². The summed E-state index contributed by atoms with van der Waals surface area (Å²) in [4.78, 5) is 19.2. The molecule has 1 amide bonds. The SMILES string of the molecule is COc1cccc(-c2ccc3nc(C4CCN(C(=O)c5ccnnc5)CC4)nn3c2)c1. The molecule has 1 aliphatic rings. The number of amides is 1. The van der Waals surface area contributed by atoms with Crippen molar-refractivity contribution in [2.45, 2.75) is 18.8 Å². The van der Waals surface area contributed by atoms with Gasteiger partial charge in [0.1, 0.15) is 5.75 Å². The Morgan fingerprint density at radius 2 is 1.94 bits per heavy atom. The first kappa shape index (κ1) is 19.2. The Morgan fingerprint density at radius 3 is 2.71 bits per heavy atom. The summed E-state index contributed by atoms with van der Waals surface area (Å²) in [5.41, 5.74) is 3.51. The van der Waals surface area contributed by atoms with Gasteiger partial charge in [-0.05, 0) is 48.7 Å². The van der Waals surface area contributed by atoms with Gasteiger partial charge in [0.15, 0.2) is 11.5 Å². The molecule has 4 aromatic rings. The predicted molar refractivity (Wildman–Crippen MR) is 115 cm³/mol. The smallest absolute Gasteiger partial charge is 0.255 e. The summed E-state index contributed by atoms with van der Waals surface area (Å²) >= 11 is 0. The van der Waals surface area contributed by atoms with E-state index in [1.807, 2.05) is 52.0 Å². The van der Waals surface area contributed by atoms with Gasteiger partial charge < -0.3 is 9.64 Å². The molecule has 1 fully saturated rings. The zero-order chi connectivity index (χ0) is 21.2. The minimum atomic E-state index is -0.000702. The van der Waals surface area contributed by atoms with Crippen LogP contribution in [0.4, 0.5) is 0 Å². The highest BCUT2D eigenvalue weighted by Crippen LogP contribution is 2.28. The van der Waals surface area contributed by atoms with Crippen molar-refractivity contribution in [2.24, 2.45) is 0 Å². The fourth-order valence-corrected chi connectivity index (χ4v) is 3.99. The van der Waals surface area contributed by atoms with Crippen LogP contribution < -0.4 is 4.74 Å². The summed E-state index contributed by atoms with van der Waals surface area (Å²) < 4.78 is 7.17. The highest BCUT2D eigenvalue weighted by Gasteiger charge is 2.27. The number of methoxy groups -OCH3 is 1. The third kappa shape index (κ3) is 3.84. The van der Waals surface area contributed by atoms with Crippen molar-refractivity contribution in [3.8, 4) is 16.9 Å². The maximum atomic E-state index is 12.6. The number of likely N-dealkylation sites (tertiary alicyclic amines) is 1. The molecule has 0 saturated carbocycles. The number of pyridine rings is 1. The monoisotopic (exact) mass is 414 g/mol. The lowest BCUT2D eigenvalue weighted by Crippen LogP contribution is -2.38. The Morgan fingerprint density at radius 1 is 1.06 bits per heavy atom. The first-order valence-electron chi connectivity index (χ1n) is 10.3. The average molecular weight is 414 g/mol. The molecule has 3 aromatic heterocycles. The number of aromatic nitrogens is 5. The van der Waals surface area contributed by atoms with Crippen LogP contribution in [0, 0.1) is 0 Å². The number of ether oxygens (including phenoxy) is 1. The molecule has 5 rings (SSSR count). The Balaban J connectivity index is 1.31. The third-order valence-corrected chi connectivity index (χ3v) is 5.73. The van der Waals surface area contributed by atoms with Gasteiger partial charge in [-0.2, -0.15) is 15.3 Å².